The highest BCUT2D eigenvalue weighted by molar-refractivity contribution is 7.47. The summed E-state index contributed by atoms with van der Waals surface area (Å²) in [5, 5.41) is 18.2. The minimum atomic E-state index is -4.50. The Morgan fingerprint density at radius 2 is 1.11 bits per heavy atom. The monoisotopic (exact) mass is 678 g/mol. The van der Waals surface area contributed by atoms with E-state index in [1.165, 1.54) is 103 Å². The lowest BCUT2D eigenvalue weighted by Gasteiger charge is -2.20. The maximum absolute atomic E-state index is 12.5. The summed E-state index contributed by atoms with van der Waals surface area (Å²) >= 11 is 0. The lowest BCUT2D eigenvalue weighted by atomic mass is 10.1. The van der Waals surface area contributed by atoms with Crippen molar-refractivity contribution in [2.24, 2.45) is 0 Å². The van der Waals surface area contributed by atoms with Gasteiger partial charge in [-0.25, -0.2) is 4.57 Å². The third kappa shape index (κ3) is 33.1. The number of rotatable bonds is 36. The zero-order chi connectivity index (χ0) is 34.0. The van der Waals surface area contributed by atoms with Crippen molar-refractivity contribution in [2.45, 2.75) is 180 Å². The topological polar surface area (TPSA) is 132 Å². The van der Waals surface area contributed by atoms with Crippen LogP contribution in [0.1, 0.15) is 168 Å². The summed E-state index contributed by atoms with van der Waals surface area (Å²) in [6.07, 6.45) is 30.2. The van der Waals surface area contributed by atoms with Crippen molar-refractivity contribution in [3.8, 4) is 0 Å². The minimum Gasteiger partial charge on any atom is -0.457 e. The number of carbonyl (C=O) groups excluding carboxylic acids is 1. The molecule has 10 heteroatoms. The fourth-order valence-corrected chi connectivity index (χ4v) is 5.84. The number of phosphoric acid groups is 1. The molecular weight excluding hydrogens is 607 g/mol. The Morgan fingerprint density at radius 1 is 0.652 bits per heavy atom. The second-order valence-electron chi connectivity index (χ2n) is 12.6. The molecule has 0 amide bonds. The largest absolute Gasteiger partial charge is 0.472 e. The van der Waals surface area contributed by atoms with E-state index in [-0.39, 0.29) is 25.6 Å². The number of esters is 1. The number of carbonyl (C=O) groups is 1. The summed E-state index contributed by atoms with van der Waals surface area (Å²) in [7, 11) is -4.50. The Hall–Kier alpha value is -0.800. The van der Waals surface area contributed by atoms with Crippen molar-refractivity contribution < 1.29 is 43.0 Å². The molecule has 0 aliphatic carbocycles. The van der Waals surface area contributed by atoms with Crippen LogP contribution in [-0.2, 0) is 27.9 Å². The van der Waals surface area contributed by atoms with Crippen LogP contribution < -0.4 is 0 Å². The van der Waals surface area contributed by atoms with E-state index in [2.05, 4.69) is 26.0 Å². The number of aliphatic hydroxyl groups is 2. The summed E-state index contributed by atoms with van der Waals surface area (Å²) in [5.41, 5.74) is 0. The molecule has 46 heavy (non-hydrogen) atoms. The lowest BCUT2D eigenvalue weighted by Crippen LogP contribution is -2.29. The number of phosphoric ester groups is 1. The van der Waals surface area contributed by atoms with Gasteiger partial charge in [0.15, 0.2) is 0 Å². The van der Waals surface area contributed by atoms with E-state index < -0.39 is 33.2 Å². The molecule has 0 fully saturated rings. The van der Waals surface area contributed by atoms with Gasteiger partial charge in [-0.2, -0.15) is 0 Å². The van der Waals surface area contributed by atoms with Gasteiger partial charge < -0.3 is 24.6 Å². The van der Waals surface area contributed by atoms with Crippen molar-refractivity contribution in [2.75, 3.05) is 33.0 Å². The molecule has 0 rings (SSSR count). The molecule has 0 saturated carbocycles. The van der Waals surface area contributed by atoms with Gasteiger partial charge in [0.1, 0.15) is 12.2 Å². The molecule has 0 aromatic carbocycles. The van der Waals surface area contributed by atoms with Gasteiger partial charge in [-0.05, 0) is 38.5 Å². The number of ether oxygens (including phenoxy) is 2. The lowest BCUT2D eigenvalue weighted by molar-refractivity contribution is -0.154. The van der Waals surface area contributed by atoms with E-state index in [4.69, 9.17) is 23.6 Å². The molecule has 0 radical (unpaired) electrons. The first-order chi connectivity index (χ1) is 22.3. The number of hydrogen-bond acceptors (Lipinski definition) is 8. The molecular formula is C36H71O9P. The quantitative estimate of drug-likeness (QED) is 0.0257. The molecule has 0 saturated heterocycles. The Morgan fingerprint density at radius 3 is 1.63 bits per heavy atom. The fourth-order valence-electron chi connectivity index (χ4n) is 5.05. The molecule has 9 nitrogen and oxygen atoms in total. The SMILES string of the molecule is CCCCCCC/C=C\CCCCCCCCOCC(COP(=O)(O)OCC(O)CO)OC(=O)CCCCCCCCCCCC. The van der Waals surface area contributed by atoms with Crippen molar-refractivity contribution >= 4 is 13.8 Å². The molecule has 0 aromatic rings. The van der Waals surface area contributed by atoms with Crippen LogP contribution in [-0.4, -0.2) is 66.3 Å². The van der Waals surface area contributed by atoms with Gasteiger partial charge >= 0.3 is 13.8 Å². The molecule has 274 valence electrons. The van der Waals surface area contributed by atoms with Crippen LogP contribution in [0.3, 0.4) is 0 Å². The van der Waals surface area contributed by atoms with E-state index in [9.17, 15) is 19.4 Å². The Balaban J connectivity index is 4.21. The summed E-state index contributed by atoms with van der Waals surface area (Å²) in [4.78, 5) is 22.4. The van der Waals surface area contributed by atoms with Gasteiger partial charge in [0.2, 0.25) is 0 Å². The first-order valence-electron chi connectivity index (χ1n) is 18.7. The summed E-state index contributed by atoms with van der Waals surface area (Å²) in [6.45, 7) is 3.48. The Labute approximate surface area is 281 Å². The first-order valence-corrected chi connectivity index (χ1v) is 20.2. The Bertz CT molecular complexity index is 734. The highest BCUT2D eigenvalue weighted by atomic mass is 31.2. The van der Waals surface area contributed by atoms with Crippen molar-refractivity contribution in [3.63, 3.8) is 0 Å². The maximum Gasteiger partial charge on any atom is 0.472 e. The number of allylic oxidation sites excluding steroid dienone is 2. The average molecular weight is 679 g/mol. The molecule has 0 aliphatic heterocycles. The third-order valence-electron chi connectivity index (χ3n) is 7.95. The third-order valence-corrected chi connectivity index (χ3v) is 8.90. The second kappa shape index (κ2) is 34.1. The van der Waals surface area contributed by atoms with E-state index in [0.717, 1.165) is 44.9 Å². The maximum atomic E-state index is 12.5. The van der Waals surface area contributed by atoms with E-state index in [1.807, 2.05) is 0 Å². The zero-order valence-corrected chi connectivity index (χ0v) is 30.4. The van der Waals surface area contributed by atoms with Crippen LogP contribution in [0.2, 0.25) is 0 Å². The molecule has 0 spiro atoms. The summed E-state index contributed by atoms with van der Waals surface area (Å²) < 4.78 is 33.2. The number of aliphatic hydroxyl groups excluding tert-OH is 2. The van der Waals surface area contributed by atoms with Gasteiger partial charge in [0, 0.05) is 13.0 Å². The van der Waals surface area contributed by atoms with Crippen LogP contribution in [0.25, 0.3) is 0 Å². The number of unbranched alkanes of at least 4 members (excludes halogenated alkanes) is 20. The molecule has 0 bridgehead atoms. The van der Waals surface area contributed by atoms with Gasteiger partial charge in [-0.15, -0.1) is 0 Å². The molecule has 3 unspecified atom stereocenters. The molecule has 0 aliphatic rings. The standard InChI is InChI=1S/C36H71O9P/c1-3-5-7-9-11-13-15-16-17-18-19-21-23-25-27-29-42-32-35(33-44-46(40,41)43-31-34(38)30-37)45-36(39)28-26-24-22-20-14-12-10-8-6-4-2/h15-16,34-35,37-38H,3-14,17-33H2,1-2H3,(H,40,41)/b16-15-. The highest BCUT2D eigenvalue weighted by Gasteiger charge is 2.26. The minimum absolute atomic E-state index is 0.0496. The summed E-state index contributed by atoms with van der Waals surface area (Å²) in [6, 6.07) is 0. The van der Waals surface area contributed by atoms with E-state index in [0.29, 0.717) is 6.61 Å². The van der Waals surface area contributed by atoms with Gasteiger partial charge in [-0.3, -0.25) is 13.8 Å². The smallest absolute Gasteiger partial charge is 0.457 e. The second-order valence-corrected chi connectivity index (χ2v) is 14.1. The van der Waals surface area contributed by atoms with Crippen LogP contribution in [0, 0.1) is 0 Å². The van der Waals surface area contributed by atoms with Gasteiger partial charge in [-0.1, -0.05) is 135 Å². The van der Waals surface area contributed by atoms with Crippen LogP contribution >= 0.6 is 7.82 Å². The fraction of sp³-hybridized carbons (Fsp3) is 0.917. The highest BCUT2D eigenvalue weighted by Crippen LogP contribution is 2.43. The van der Waals surface area contributed by atoms with Gasteiger partial charge in [0.25, 0.3) is 0 Å². The predicted molar refractivity (Wildman–Crippen MR) is 187 cm³/mol. The zero-order valence-electron chi connectivity index (χ0n) is 29.6. The van der Waals surface area contributed by atoms with Crippen LogP contribution in [0.4, 0.5) is 0 Å². The predicted octanol–water partition coefficient (Wildman–Crippen LogP) is 9.36. The van der Waals surface area contributed by atoms with Gasteiger partial charge in [0.05, 0.1) is 26.4 Å². The van der Waals surface area contributed by atoms with Crippen LogP contribution in [0.5, 0.6) is 0 Å². The first kappa shape index (κ1) is 45.2. The molecule has 0 heterocycles. The average Bonchev–Trinajstić information content (AvgIpc) is 3.04. The molecule has 0 aromatic heterocycles. The molecule has 3 atom stereocenters. The van der Waals surface area contributed by atoms with Crippen LogP contribution in [0.15, 0.2) is 12.2 Å². The normalized spacial score (nSPS) is 14.5. The van der Waals surface area contributed by atoms with Crippen molar-refractivity contribution in [1.29, 1.82) is 0 Å². The Kier molecular flexibility index (Phi) is 33.5. The van der Waals surface area contributed by atoms with Crippen molar-refractivity contribution in [3.05, 3.63) is 12.2 Å². The van der Waals surface area contributed by atoms with E-state index >= 15 is 0 Å². The number of hydrogen-bond donors (Lipinski definition) is 3. The molecule has 3 N–H and O–H groups in total. The van der Waals surface area contributed by atoms with E-state index in [1.54, 1.807) is 0 Å². The summed E-state index contributed by atoms with van der Waals surface area (Å²) in [5.74, 6) is -0.386. The van der Waals surface area contributed by atoms with Crippen molar-refractivity contribution in [1.82, 2.24) is 0 Å².